The minimum Gasteiger partial charge on any atom is -0.455 e. The van der Waals surface area contributed by atoms with Crippen LogP contribution in [0.5, 0.6) is 0 Å². The second-order valence-electron chi connectivity index (χ2n) is 6.80. The number of esters is 1. The van der Waals surface area contributed by atoms with E-state index in [1.165, 1.54) is 37.6 Å². The van der Waals surface area contributed by atoms with Crippen molar-refractivity contribution in [3.8, 4) is 0 Å². The summed E-state index contributed by atoms with van der Waals surface area (Å²) in [7, 11) is -2.61. The molecule has 2 rings (SSSR count). The van der Waals surface area contributed by atoms with Crippen molar-refractivity contribution in [3.63, 3.8) is 0 Å². The Labute approximate surface area is 162 Å². The summed E-state index contributed by atoms with van der Waals surface area (Å²) in [5.41, 5.74) is -0.595. The fraction of sp³-hybridized carbons (Fsp3) is 0.625. The zero-order chi connectivity index (χ0) is 20.0. The summed E-state index contributed by atoms with van der Waals surface area (Å²) in [4.78, 5) is 26.2. The molecule has 146 valence electrons. The third-order valence-electron chi connectivity index (χ3n) is 3.94. The maximum absolute atomic E-state index is 13.2. The van der Waals surface area contributed by atoms with E-state index in [1.807, 2.05) is 0 Å². The number of fused-ring (bicyclic) bond motifs is 1. The Hall–Kier alpha value is -0.970. The van der Waals surface area contributed by atoms with E-state index in [4.69, 9.17) is 9.47 Å². The van der Waals surface area contributed by atoms with Crippen molar-refractivity contribution >= 4 is 45.2 Å². The molecule has 0 aromatic rings. The number of rotatable bonds is 4. The first-order valence-corrected chi connectivity index (χ1v) is 11.8. The van der Waals surface area contributed by atoms with E-state index in [1.54, 1.807) is 33.3 Å². The van der Waals surface area contributed by atoms with Gasteiger partial charge in [-0.05, 0) is 40.2 Å². The van der Waals surface area contributed by atoms with Crippen LogP contribution in [0.4, 0.5) is 0 Å². The molecule has 0 bridgehead atoms. The summed E-state index contributed by atoms with van der Waals surface area (Å²) in [5.74, 6) is -1.29. The second-order valence-corrected chi connectivity index (χ2v) is 10.7. The topological polar surface area (TPSA) is 90.0 Å². The Morgan fingerprint density at radius 3 is 2.15 bits per heavy atom. The van der Waals surface area contributed by atoms with Crippen LogP contribution in [0.3, 0.4) is 0 Å². The summed E-state index contributed by atoms with van der Waals surface area (Å²) in [6.45, 7) is 6.65. The summed E-state index contributed by atoms with van der Waals surface area (Å²) in [5, 5.41) is -1.25. The van der Waals surface area contributed by atoms with E-state index in [-0.39, 0.29) is 16.2 Å². The molecule has 0 radical (unpaired) electrons. The van der Waals surface area contributed by atoms with Crippen LogP contribution < -0.4 is 0 Å². The molecule has 10 heteroatoms. The van der Waals surface area contributed by atoms with Crippen LogP contribution in [0.25, 0.3) is 0 Å². The molecule has 1 fully saturated rings. The number of amides is 1. The quantitative estimate of drug-likeness (QED) is 0.504. The molecule has 1 unspecified atom stereocenters. The first-order chi connectivity index (χ1) is 11.9. The smallest absolute Gasteiger partial charge is 0.355 e. The van der Waals surface area contributed by atoms with Crippen LogP contribution in [-0.2, 0) is 28.9 Å². The number of hydrogen-bond acceptors (Lipinski definition) is 8. The lowest BCUT2D eigenvalue weighted by molar-refractivity contribution is -0.167. The predicted octanol–water partition coefficient (Wildman–Crippen LogP) is 2.11. The minimum absolute atomic E-state index is 0.0337. The summed E-state index contributed by atoms with van der Waals surface area (Å²) >= 11 is 2.56. The number of β-lactam (4-membered cyclic amide) rings is 1. The van der Waals surface area contributed by atoms with Gasteiger partial charge in [0.1, 0.15) is 11.3 Å². The molecule has 2 atom stereocenters. The van der Waals surface area contributed by atoms with Crippen LogP contribution in [0.15, 0.2) is 20.4 Å². The van der Waals surface area contributed by atoms with Crippen molar-refractivity contribution in [2.75, 3.05) is 19.6 Å². The zero-order valence-corrected chi connectivity index (χ0v) is 18.2. The molecule has 2 heterocycles. The summed E-state index contributed by atoms with van der Waals surface area (Å²) in [6.07, 6.45) is 2.40. The number of carbonyl (C=O) groups excluding carboxylic acids is 2. The van der Waals surface area contributed by atoms with E-state index in [2.05, 4.69) is 0 Å². The van der Waals surface area contributed by atoms with Gasteiger partial charge in [-0.3, -0.25) is 9.69 Å². The van der Waals surface area contributed by atoms with Gasteiger partial charge in [-0.15, -0.1) is 23.5 Å². The lowest BCUT2D eigenvalue weighted by Crippen LogP contribution is -2.70. The SMILES string of the molecule is CO[C@H]1C(=O)N2C(C(=O)OC(C)(C)C)=C(C)C(=C(SC)SC)S(=O)(=O)C12. The molecule has 26 heavy (non-hydrogen) atoms. The van der Waals surface area contributed by atoms with Crippen molar-refractivity contribution in [2.45, 2.75) is 44.8 Å². The molecular formula is C16H23NO6S3. The van der Waals surface area contributed by atoms with Crippen LogP contribution in [0, 0.1) is 0 Å². The molecule has 0 spiro atoms. The molecule has 1 amide bonds. The lowest BCUT2D eigenvalue weighted by Gasteiger charge is -2.49. The Balaban J connectivity index is 2.75. The Morgan fingerprint density at radius 1 is 1.19 bits per heavy atom. The monoisotopic (exact) mass is 421 g/mol. The van der Waals surface area contributed by atoms with Gasteiger partial charge in [-0.2, -0.15) is 0 Å². The number of ether oxygens (including phenoxy) is 2. The van der Waals surface area contributed by atoms with Crippen LogP contribution in [0.2, 0.25) is 0 Å². The van der Waals surface area contributed by atoms with Crippen LogP contribution >= 0.6 is 23.5 Å². The fourth-order valence-corrected chi connectivity index (χ4v) is 7.51. The highest BCUT2D eigenvalue weighted by atomic mass is 32.2. The molecule has 0 N–H and O–H groups in total. The Kier molecular flexibility index (Phi) is 5.92. The minimum atomic E-state index is -3.89. The van der Waals surface area contributed by atoms with Crippen LogP contribution in [-0.4, -0.2) is 61.9 Å². The number of carbonyl (C=O) groups is 2. The van der Waals surface area contributed by atoms with Crippen LogP contribution in [0.1, 0.15) is 27.7 Å². The van der Waals surface area contributed by atoms with Gasteiger partial charge >= 0.3 is 5.97 Å². The normalized spacial score (nSPS) is 25.0. The number of hydrogen-bond donors (Lipinski definition) is 0. The van der Waals surface area contributed by atoms with Gasteiger partial charge in [-0.25, -0.2) is 13.2 Å². The second kappa shape index (κ2) is 7.21. The highest BCUT2D eigenvalue weighted by molar-refractivity contribution is 8.22. The van der Waals surface area contributed by atoms with E-state index in [0.717, 1.165) is 4.90 Å². The van der Waals surface area contributed by atoms with Gasteiger partial charge in [0.2, 0.25) is 9.84 Å². The molecule has 0 aliphatic carbocycles. The predicted molar refractivity (Wildman–Crippen MR) is 103 cm³/mol. The zero-order valence-electron chi connectivity index (χ0n) is 15.8. The van der Waals surface area contributed by atoms with E-state index in [9.17, 15) is 18.0 Å². The molecule has 0 saturated carbocycles. The Bertz CT molecular complexity index is 800. The van der Waals surface area contributed by atoms with Gasteiger partial charge < -0.3 is 9.47 Å². The fourth-order valence-electron chi connectivity index (χ4n) is 2.93. The first-order valence-electron chi connectivity index (χ1n) is 7.79. The number of thioether (sulfide) groups is 2. The van der Waals surface area contributed by atoms with Gasteiger partial charge in [-0.1, -0.05) is 0 Å². The molecule has 7 nitrogen and oxygen atoms in total. The number of methoxy groups -OCH3 is 1. The van der Waals surface area contributed by atoms with E-state index < -0.39 is 38.8 Å². The summed E-state index contributed by atoms with van der Waals surface area (Å²) < 4.78 is 37.4. The van der Waals surface area contributed by atoms with Crippen molar-refractivity contribution in [1.82, 2.24) is 4.90 Å². The third kappa shape index (κ3) is 3.32. The van der Waals surface area contributed by atoms with Gasteiger partial charge in [0.25, 0.3) is 5.91 Å². The van der Waals surface area contributed by atoms with E-state index in [0.29, 0.717) is 4.24 Å². The summed E-state index contributed by atoms with van der Waals surface area (Å²) in [6, 6.07) is 0. The molecule has 2 aliphatic heterocycles. The maximum atomic E-state index is 13.2. The van der Waals surface area contributed by atoms with Crippen molar-refractivity contribution < 1.29 is 27.5 Å². The molecule has 2 aliphatic rings. The highest BCUT2D eigenvalue weighted by Crippen LogP contribution is 2.47. The average Bonchev–Trinajstić information content (AvgIpc) is 2.50. The molecule has 0 aromatic carbocycles. The van der Waals surface area contributed by atoms with E-state index >= 15 is 0 Å². The third-order valence-corrected chi connectivity index (χ3v) is 8.52. The molecule has 0 aromatic heterocycles. The highest BCUT2D eigenvalue weighted by Gasteiger charge is 2.62. The van der Waals surface area contributed by atoms with Crippen molar-refractivity contribution in [1.29, 1.82) is 0 Å². The van der Waals surface area contributed by atoms with Gasteiger partial charge in [0, 0.05) is 12.7 Å². The van der Waals surface area contributed by atoms with Crippen molar-refractivity contribution in [2.24, 2.45) is 0 Å². The maximum Gasteiger partial charge on any atom is 0.355 e. The number of allylic oxidation sites excluding steroid dienone is 1. The number of sulfone groups is 1. The Morgan fingerprint density at radius 2 is 1.73 bits per heavy atom. The first kappa shape index (κ1) is 21.3. The van der Waals surface area contributed by atoms with Crippen molar-refractivity contribution in [3.05, 3.63) is 20.4 Å². The average molecular weight is 422 g/mol. The largest absolute Gasteiger partial charge is 0.455 e. The molecular weight excluding hydrogens is 398 g/mol. The molecule has 1 saturated heterocycles. The lowest BCUT2D eigenvalue weighted by atomic mass is 10.0. The number of nitrogens with zero attached hydrogens (tertiary/aromatic N) is 1. The standard InChI is InChI=1S/C16H23NO6S3/c1-8-9(14(19)23-16(2,3)4)17-12(18)10(22-5)13(17)26(20,21)11(8)15(24-6)25-7/h10,13H,1-7H3/t10-,13?/m0/s1. The van der Waals surface area contributed by atoms with Gasteiger partial charge in [0.15, 0.2) is 11.5 Å². The van der Waals surface area contributed by atoms with Gasteiger partial charge in [0.05, 0.1) is 9.14 Å².